The molecule has 1 aromatic carbocycles. The first-order chi connectivity index (χ1) is 11.2. The molecule has 0 radical (unpaired) electrons. The van der Waals surface area contributed by atoms with Crippen molar-refractivity contribution >= 4 is 17.9 Å². The Kier molecular flexibility index (Phi) is 6.06. The summed E-state index contributed by atoms with van der Waals surface area (Å²) in [5.74, 6) is -0.771. The Morgan fingerprint density at radius 2 is 1.96 bits per heavy atom. The first kappa shape index (κ1) is 16.4. The molecule has 0 bridgehead atoms. The molecule has 0 saturated heterocycles. The van der Waals surface area contributed by atoms with Gasteiger partial charge in [0, 0.05) is 18.0 Å². The van der Waals surface area contributed by atoms with Crippen molar-refractivity contribution < 1.29 is 14.6 Å². The largest absolute Gasteiger partial charge is 0.506 e. The molecule has 1 N–H and O–H groups in total. The van der Waals surface area contributed by atoms with Crippen molar-refractivity contribution in [2.75, 3.05) is 6.61 Å². The first-order valence-corrected chi connectivity index (χ1v) is 7.28. The fraction of sp³-hybridized carbons (Fsp3) is 0.167. The van der Waals surface area contributed by atoms with E-state index in [1.54, 1.807) is 37.4 Å². The number of pyridine rings is 1. The molecule has 1 aromatic heterocycles. The molecule has 5 nitrogen and oxygen atoms in total. The van der Waals surface area contributed by atoms with Crippen molar-refractivity contribution in [1.82, 2.24) is 4.98 Å². The highest BCUT2D eigenvalue weighted by Gasteiger charge is 2.15. The molecule has 1 heterocycles. The van der Waals surface area contributed by atoms with Gasteiger partial charge in [-0.1, -0.05) is 36.4 Å². The predicted molar refractivity (Wildman–Crippen MR) is 89.1 cm³/mol. The van der Waals surface area contributed by atoms with Gasteiger partial charge in [-0.05, 0) is 19.1 Å². The lowest BCUT2D eigenvalue weighted by atomic mass is 10.1. The van der Waals surface area contributed by atoms with E-state index in [1.165, 1.54) is 6.21 Å². The summed E-state index contributed by atoms with van der Waals surface area (Å²) in [5.41, 5.74) is 1.32. The molecule has 0 unspecified atom stereocenters. The van der Waals surface area contributed by atoms with Crippen LogP contribution in [0.2, 0.25) is 0 Å². The highest BCUT2D eigenvalue weighted by molar-refractivity contribution is 6.15. The lowest BCUT2D eigenvalue weighted by Gasteiger charge is -2.06. The van der Waals surface area contributed by atoms with Gasteiger partial charge < -0.3 is 9.84 Å². The van der Waals surface area contributed by atoms with Crippen molar-refractivity contribution in [2.24, 2.45) is 4.99 Å². The van der Waals surface area contributed by atoms with E-state index >= 15 is 0 Å². The molecule has 0 atom stereocenters. The van der Waals surface area contributed by atoms with Gasteiger partial charge in [0.2, 0.25) is 0 Å². The number of nitrogens with zero attached hydrogens (tertiary/aromatic N) is 2. The third-order valence-electron chi connectivity index (χ3n) is 3.00. The molecule has 0 amide bonds. The van der Waals surface area contributed by atoms with Crippen LogP contribution in [0.5, 0.6) is 0 Å². The van der Waals surface area contributed by atoms with E-state index in [1.807, 2.05) is 24.3 Å². The SMILES string of the molecule is CCOC(=O)/C(C=NCc1ccccn1)=C(/O)c1ccccc1. The smallest absolute Gasteiger partial charge is 0.343 e. The number of carbonyl (C=O) groups excluding carboxylic acids is 1. The van der Waals surface area contributed by atoms with E-state index in [2.05, 4.69) is 9.98 Å². The molecule has 2 aromatic rings. The quantitative estimate of drug-likeness (QED) is 0.385. The van der Waals surface area contributed by atoms with E-state index < -0.39 is 5.97 Å². The number of carbonyl (C=O) groups is 1. The van der Waals surface area contributed by atoms with Crippen LogP contribution in [0.4, 0.5) is 0 Å². The Morgan fingerprint density at radius 1 is 1.22 bits per heavy atom. The highest BCUT2D eigenvalue weighted by atomic mass is 16.5. The Labute approximate surface area is 135 Å². The lowest BCUT2D eigenvalue weighted by Crippen LogP contribution is -2.11. The summed E-state index contributed by atoms with van der Waals surface area (Å²) in [4.78, 5) is 20.4. The van der Waals surface area contributed by atoms with Gasteiger partial charge in [0.1, 0.15) is 11.3 Å². The fourth-order valence-electron chi connectivity index (χ4n) is 1.89. The number of aromatic nitrogens is 1. The third kappa shape index (κ3) is 4.78. The highest BCUT2D eigenvalue weighted by Crippen LogP contribution is 2.16. The minimum atomic E-state index is -0.612. The maximum atomic E-state index is 12.1. The molecule has 2 rings (SSSR count). The van der Waals surface area contributed by atoms with E-state index in [-0.39, 0.29) is 17.9 Å². The minimum absolute atomic E-state index is 0.0222. The van der Waals surface area contributed by atoms with Gasteiger partial charge in [0.25, 0.3) is 0 Å². The lowest BCUT2D eigenvalue weighted by molar-refractivity contribution is -0.137. The van der Waals surface area contributed by atoms with E-state index in [0.29, 0.717) is 12.1 Å². The molecular formula is C18H18N2O3. The van der Waals surface area contributed by atoms with Crippen LogP contribution >= 0.6 is 0 Å². The monoisotopic (exact) mass is 310 g/mol. The van der Waals surface area contributed by atoms with Crippen molar-refractivity contribution in [1.29, 1.82) is 0 Å². The van der Waals surface area contributed by atoms with Crippen LogP contribution in [-0.4, -0.2) is 28.9 Å². The summed E-state index contributed by atoms with van der Waals surface area (Å²) in [5, 5.41) is 10.3. The number of hydrogen-bond acceptors (Lipinski definition) is 5. The zero-order valence-corrected chi connectivity index (χ0v) is 12.8. The molecule has 0 aliphatic heterocycles. The van der Waals surface area contributed by atoms with Gasteiger partial charge in [0.15, 0.2) is 0 Å². The van der Waals surface area contributed by atoms with Crippen molar-refractivity contribution in [3.8, 4) is 0 Å². The predicted octanol–water partition coefficient (Wildman–Crippen LogP) is 3.18. The zero-order chi connectivity index (χ0) is 16.5. The Morgan fingerprint density at radius 3 is 2.61 bits per heavy atom. The molecule has 118 valence electrons. The fourth-order valence-corrected chi connectivity index (χ4v) is 1.89. The number of esters is 1. The minimum Gasteiger partial charge on any atom is -0.506 e. The van der Waals surface area contributed by atoms with Crippen LogP contribution in [0.3, 0.4) is 0 Å². The molecular weight excluding hydrogens is 292 g/mol. The Bertz CT molecular complexity index is 695. The first-order valence-electron chi connectivity index (χ1n) is 7.28. The summed E-state index contributed by atoms with van der Waals surface area (Å²) in [6, 6.07) is 14.3. The Balaban J connectivity index is 2.26. The van der Waals surface area contributed by atoms with Crippen LogP contribution in [0.25, 0.3) is 5.76 Å². The molecule has 23 heavy (non-hydrogen) atoms. The van der Waals surface area contributed by atoms with Crippen molar-refractivity contribution in [3.63, 3.8) is 0 Å². The molecule has 0 fully saturated rings. The van der Waals surface area contributed by atoms with Gasteiger partial charge in [-0.25, -0.2) is 4.79 Å². The number of aliphatic hydroxyl groups excluding tert-OH is 1. The maximum absolute atomic E-state index is 12.1. The van der Waals surface area contributed by atoms with Gasteiger partial charge in [0.05, 0.1) is 18.8 Å². The number of benzene rings is 1. The van der Waals surface area contributed by atoms with Gasteiger partial charge in [-0.3, -0.25) is 9.98 Å². The normalized spacial score (nSPS) is 12.0. The number of aliphatic imine (C=N–C) groups is 1. The van der Waals surface area contributed by atoms with Gasteiger partial charge in [-0.15, -0.1) is 0 Å². The number of ether oxygens (including phenoxy) is 1. The molecule has 0 aliphatic carbocycles. The summed E-state index contributed by atoms with van der Waals surface area (Å²) < 4.78 is 4.99. The molecule has 0 saturated carbocycles. The van der Waals surface area contributed by atoms with E-state index in [4.69, 9.17) is 4.74 Å². The molecule has 0 spiro atoms. The third-order valence-corrected chi connectivity index (χ3v) is 3.00. The van der Waals surface area contributed by atoms with Crippen LogP contribution in [-0.2, 0) is 16.1 Å². The van der Waals surface area contributed by atoms with Crippen LogP contribution < -0.4 is 0 Å². The van der Waals surface area contributed by atoms with Crippen LogP contribution in [0.1, 0.15) is 18.2 Å². The second-order valence-corrected chi connectivity index (χ2v) is 4.64. The van der Waals surface area contributed by atoms with E-state index in [0.717, 1.165) is 5.69 Å². The standard InChI is InChI=1S/C18H18N2O3/c1-2-23-18(22)16(17(21)14-8-4-3-5-9-14)13-19-12-15-10-6-7-11-20-15/h3-11,13,21H,2,12H2,1H3/b17-16+,19-13?. The number of rotatable bonds is 6. The Hall–Kier alpha value is -2.95. The maximum Gasteiger partial charge on any atom is 0.343 e. The van der Waals surface area contributed by atoms with E-state index in [9.17, 15) is 9.90 Å². The second kappa shape index (κ2) is 8.48. The number of aliphatic hydroxyl groups is 1. The van der Waals surface area contributed by atoms with Gasteiger partial charge in [-0.2, -0.15) is 0 Å². The average molecular weight is 310 g/mol. The van der Waals surface area contributed by atoms with Crippen LogP contribution in [0, 0.1) is 0 Å². The summed E-state index contributed by atoms with van der Waals surface area (Å²) in [6.45, 7) is 2.24. The van der Waals surface area contributed by atoms with Gasteiger partial charge >= 0.3 is 5.97 Å². The second-order valence-electron chi connectivity index (χ2n) is 4.64. The van der Waals surface area contributed by atoms with Crippen molar-refractivity contribution in [2.45, 2.75) is 13.5 Å². The zero-order valence-electron chi connectivity index (χ0n) is 12.8. The number of hydrogen-bond donors (Lipinski definition) is 1. The molecule has 0 aliphatic rings. The summed E-state index contributed by atoms with van der Waals surface area (Å²) in [6.07, 6.45) is 3.00. The van der Waals surface area contributed by atoms with Crippen molar-refractivity contribution in [3.05, 3.63) is 71.6 Å². The van der Waals surface area contributed by atoms with Crippen LogP contribution in [0.15, 0.2) is 65.3 Å². The topological polar surface area (TPSA) is 71.8 Å². The molecule has 5 heteroatoms. The summed E-state index contributed by atoms with van der Waals surface area (Å²) in [7, 11) is 0. The summed E-state index contributed by atoms with van der Waals surface area (Å²) >= 11 is 0. The average Bonchev–Trinajstić information content (AvgIpc) is 2.60.